The summed E-state index contributed by atoms with van der Waals surface area (Å²) in [6, 6.07) is 2.34. The van der Waals surface area contributed by atoms with Crippen LogP contribution in [0.1, 0.15) is 12.5 Å². The molecule has 0 aromatic carbocycles. The number of pyridine rings is 1. The lowest BCUT2D eigenvalue weighted by Gasteiger charge is -2.22. The van der Waals surface area contributed by atoms with Crippen LogP contribution < -0.4 is 16.2 Å². The van der Waals surface area contributed by atoms with Crippen LogP contribution in [0.25, 0.3) is 0 Å². The second-order valence-corrected chi connectivity index (χ2v) is 4.58. The smallest absolute Gasteiger partial charge is 0.365 e. The standard InChI is InChI=1S/C12H11ClF3N5O/c1-6(8(4-17)10(18)22)20-21(2)11-9(13)3-7(5-19-11)12(14,15)16/h3,5,20H,1-2H3,(H2,18,22)/b8-6-. The van der Waals surface area contributed by atoms with Gasteiger partial charge in [0.15, 0.2) is 5.82 Å². The van der Waals surface area contributed by atoms with E-state index in [9.17, 15) is 18.0 Å². The number of aromatic nitrogens is 1. The molecule has 1 aromatic rings. The predicted octanol–water partition coefficient (Wildman–Crippen LogP) is 1.98. The van der Waals surface area contributed by atoms with Crippen molar-refractivity contribution < 1.29 is 18.0 Å². The van der Waals surface area contributed by atoms with E-state index < -0.39 is 17.6 Å². The first-order valence-corrected chi connectivity index (χ1v) is 6.09. The van der Waals surface area contributed by atoms with Gasteiger partial charge < -0.3 is 11.2 Å². The van der Waals surface area contributed by atoms with Crippen molar-refractivity contribution in [3.63, 3.8) is 0 Å². The third-order valence-electron chi connectivity index (χ3n) is 2.54. The molecule has 0 unspecified atom stereocenters. The van der Waals surface area contributed by atoms with Gasteiger partial charge in [0.2, 0.25) is 0 Å². The molecule has 118 valence electrons. The van der Waals surface area contributed by atoms with E-state index in [4.69, 9.17) is 22.6 Å². The Bertz CT molecular complexity index is 666. The minimum Gasteiger partial charge on any atom is -0.365 e. The van der Waals surface area contributed by atoms with Crippen LogP contribution in [0.3, 0.4) is 0 Å². The number of anilines is 1. The number of halogens is 4. The third-order valence-corrected chi connectivity index (χ3v) is 2.81. The molecule has 1 aromatic heterocycles. The van der Waals surface area contributed by atoms with Gasteiger partial charge in [0, 0.05) is 13.2 Å². The second-order valence-electron chi connectivity index (χ2n) is 4.17. The second kappa shape index (κ2) is 6.53. The average molecular weight is 334 g/mol. The van der Waals surface area contributed by atoms with Crippen molar-refractivity contribution in [2.75, 3.05) is 12.1 Å². The number of amides is 1. The predicted molar refractivity (Wildman–Crippen MR) is 73.3 cm³/mol. The highest BCUT2D eigenvalue weighted by Crippen LogP contribution is 2.32. The number of allylic oxidation sites excluding steroid dienone is 1. The third kappa shape index (κ3) is 4.02. The lowest BCUT2D eigenvalue weighted by Crippen LogP contribution is -2.35. The summed E-state index contributed by atoms with van der Waals surface area (Å²) in [5.41, 5.74) is 6.40. The Balaban J connectivity index is 3.08. The fraction of sp³-hybridized carbons (Fsp3) is 0.250. The number of nitrogens with one attached hydrogen (secondary N) is 1. The van der Waals surface area contributed by atoms with Crippen molar-refractivity contribution >= 4 is 23.3 Å². The fourth-order valence-electron chi connectivity index (χ4n) is 1.52. The maximum Gasteiger partial charge on any atom is 0.417 e. The molecule has 0 fully saturated rings. The SMILES string of the molecule is C/C(NN(C)c1ncc(C(F)(F)F)cc1Cl)=C(\C#N)C(N)=O. The summed E-state index contributed by atoms with van der Waals surface area (Å²) < 4.78 is 37.6. The van der Waals surface area contributed by atoms with Crippen molar-refractivity contribution in [3.05, 3.63) is 34.1 Å². The lowest BCUT2D eigenvalue weighted by molar-refractivity contribution is -0.137. The molecule has 0 atom stereocenters. The molecular formula is C12H11ClF3N5O. The Morgan fingerprint density at radius 2 is 2.14 bits per heavy atom. The van der Waals surface area contributed by atoms with Gasteiger partial charge in [-0.15, -0.1) is 0 Å². The zero-order chi connectivity index (χ0) is 17.1. The summed E-state index contributed by atoms with van der Waals surface area (Å²) in [5, 5.41) is 9.71. The van der Waals surface area contributed by atoms with Gasteiger partial charge in [-0.3, -0.25) is 9.80 Å². The van der Waals surface area contributed by atoms with E-state index in [0.717, 1.165) is 11.1 Å². The van der Waals surface area contributed by atoms with Gasteiger partial charge in [-0.05, 0) is 13.0 Å². The van der Waals surface area contributed by atoms with Crippen LogP contribution in [0, 0.1) is 11.3 Å². The van der Waals surface area contributed by atoms with Gasteiger partial charge in [0.05, 0.1) is 16.3 Å². The Hall–Kier alpha value is -2.47. The molecule has 1 amide bonds. The normalized spacial score (nSPS) is 12.2. The molecule has 0 spiro atoms. The van der Waals surface area contributed by atoms with Gasteiger partial charge in [0.25, 0.3) is 5.91 Å². The minimum atomic E-state index is -4.56. The summed E-state index contributed by atoms with van der Waals surface area (Å²) in [6.07, 6.45) is -3.94. The first kappa shape index (κ1) is 17.6. The Kier molecular flexibility index (Phi) is 5.22. The first-order valence-electron chi connectivity index (χ1n) is 5.71. The summed E-state index contributed by atoms with van der Waals surface area (Å²) >= 11 is 5.77. The van der Waals surface area contributed by atoms with Crippen LogP contribution in [0.4, 0.5) is 19.0 Å². The molecule has 0 aliphatic heterocycles. The van der Waals surface area contributed by atoms with Crippen molar-refractivity contribution in [2.24, 2.45) is 5.73 Å². The first-order chi connectivity index (χ1) is 10.1. The molecule has 1 heterocycles. The minimum absolute atomic E-state index is 0.0178. The van der Waals surface area contributed by atoms with Crippen LogP contribution in [0.5, 0.6) is 0 Å². The van der Waals surface area contributed by atoms with Crippen LogP contribution >= 0.6 is 11.6 Å². The number of carbonyl (C=O) groups excluding carboxylic acids is 1. The molecule has 1 rings (SSSR count). The molecule has 0 saturated heterocycles. The van der Waals surface area contributed by atoms with Gasteiger partial charge >= 0.3 is 6.18 Å². The van der Waals surface area contributed by atoms with Crippen molar-refractivity contribution in [1.82, 2.24) is 10.4 Å². The Labute approximate surface area is 128 Å². The number of hydrazine groups is 1. The molecule has 0 saturated carbocycles. The zero-order valence-electron chi connectivity index (χ0n) is 11.5. The fourth-order valence-corrected chi connectivity index (χ4v) is 1.81. The zero-order valence-corrected chi connectivity index (χ0v) is 12.2. The Morgan fingerprint density at radius 3 is 2.55 bits per heavy atom. The summed E-state index contributed by atoms with van der Waals surface area (Å²) in [6.45, 7) is 1.40. The largest absolute Gasteiger partial charge is 0.417 e. The number of rotatable bonds is 4. The van der Waals surface area contributed by atoms with E-state index in [-0.39, 0.29) is 22.1 Å². The number of nitrogens with zero attached hydrogens (tertiary/aromatic N) is 3. The molecular weight excluding hydrogens is 323 g/mol. The van der Waals surface area contributed by atoms with E-state index in [0.29, 0.717) is 6.20 Å². The number of alkyl halides is 3. The van der Waals surface area contributed by atoms with E-state index in [1.165, 1.54) is 14.0 Å². The summed E-state index contributed by atoms with van der Waals surface area (Å²) in [7, 11) is 1.40. The highest BCUT2D eigenvalue weighted by Gasteiger charge is 2.31. The maximum absolute atomic E-state index is 12.5. The number of nitriles is 1. The van der Waals surface area contributed by atoms with Crippen molar-refractivity contribution in [2.45, 2.75) is 13.1 Å². The highest BCUT2D eigenvalue weighted by molar-refractivity contribution is 6.33. The van der Waals surface area contributed by atoms with Gasteiger partial charge in [-0.1, -0.05) is 11.6 Å². The molecule has 0 aliphatic rings. The van der Waals surface area contributed by atoms with E-state index in [2.05, 4.69) is 10.4 Å². The molecule has 0 aliphatic carbocycles. The number of hydrogen-bond acceptors (Lipinski definition) is 5. The summed E-state index contributed by atoms with van der Waals surface area (Å²) in [5.74, 6) is -0.955. The van der Waals surface area contributed by atoms with Crippen molar-refractivity contribution in [1.29, 1.82) is 5.26 Å². The quantitative estimate of drug-likeness (QED) is 0.499. The molecule has 6 nitrogen and oxygen atoms in total. The van der Waals surface area contributed by atoms with Crippen molar-refractivity contribution in [3.8, 4) is 6.07 Å². The van der Waals surface area contributed by atoms with Gasteiger partial charge in [-0.25, -0.2) is 4.98 Å². The Morgan fingerprint density at radius 1 is 1.55 bits per heavy atom. The van der Waals surface area contributed by atoms with Gasteiger partial charge in [-0.2, -0.15) is 18.4 Å². The molecule has 0 radical (unpaired) electrons. The number of hydrogen-bond donors (Lipinski definition) is 2. The molecule has 3 N–H and O–H groups in total. The number of primary amides is 1. The van der Waals surface area contributed by atoms with E-state index in [1.54, 1.807) is 6.07 Å². The van der Waals surface area contributed by atoms with Crippen LogP contribution in [-0.4, -0.2) is 17.9 Å². The molecule has 10 heteroatoms. The lowest BCUT2D eigenvalue weighted by atomic mass is 10.2. The van der Waals surface area contributed by atoms with E-state index in [1.807, 2.05) is 0 Å². The number of carbonyl (C=O) groups is 1. The molecule has 22 heavy (non-hydrogen) atoms. The van der Waals surface area contributed by atoms with Crippen LogP contribution in [-0.2, 0) is 11.0 Å². The van der Waals surface area contributed by atoms with Gasteiger partial charge in [0.1, 0.15) is 11.6 Å². The average Bonchev–Trinajstić information content (AvgIpc) is 2.37. The maximum atomic E-state index is 12.5. The highest BCUT2D eigenvalue weighted by atomic mass is 35.5. The molecule has 0 bridgehead atoms. The number of nitrogens with two attached hydrogens (primary N) is 1. The van der Waals surface area contributed by atoms with E-state index >= 15 is 0 Å². The summed E-state index contributed by atoms with van der Waals surface area (Å²) in [4.78, 5) is 14.6. The van der Waals surface area contributed by atoms with Crippen LogP contribution in [0.15, 0.2) is 23.5 Å². The topological polar surface area (TPSA) is 95.0 Å². The monoisotopic (exact) mass is 333 g/mol. The van der Waals surface area contributed by atoms with Crippen LogP contribution in [0.2, 0.25) is 5.02 Å².